The zero-order valence-corrected chi connectivity index (χ0v) is 12.6. The lowest BCUT2D eigenvalue weighted by Gasteiger charge is -2.11. The average Bonchev–Trinajstić information content (AvgIpc) is 2.50. The normalized spacial score (nSPS) is 10.6. The van der Waals surface area contributed by atoms with Crippen molar-refractivity contribution < 1.29 is 0 Å². The van der Waals surface area contributed by atoms with Crippen molar-refractivity contribution in [3.63, 3.8) is 0 Å². The third kappa shape index (κ3) is 2.76. The van der Waals surface area contributed by atoms with Gasteiger partial charge in [-0.3, -0.25) is 0 Å². The minimum absolute atomic E-state index is 0.545. The van der Waals surface area contributed by atoms with E-state index in [0.29, 0.717) is 11.0 Å². The Bertz CT molecular complexity index is 801. The van der Waals surface area contributed by atoms with E-state index in [1.54, 1.807) is 0 Å². The molecule has 0 aliphatic heterocycles. The number of aromatic nitrogens is 2. The van der Waals surface area contributed by atoms with E-state index >= 15 is 0 Å². The first kappa shape index (κ1) is 13.6. The number of halogens is 1. The van der Waals surface area contributed by atoms with Crippen LogP contribution in [0.1, 0.15) is 5.56 Å². The van der Waals surface area contributed by atoms with Crippen LogP contribution in [-0.4, -0.2) is 17.0 Å². The highest BCUT2D eigenvalue weighted by Crippen LogP contribution is 2.26. The molecule has 0 saturated carbocycles. The van der Waals surface area contributed by atoms with E-state index in [9.17, 15) is 0 Å². The van der Waals surface area contributed by atoms with E-state index < -0.39 is 0 Å². The molecular weight excluding hydrogens is 284 g/mol. The number of hydrogen-bond acceptors (Lipinski definition) is 4. The van der Waals surface area contributed by atoms with Crippen LogP contribution in [0, 0.1) is 6.92 Å². The van der Waals surface area contributed by atoms with Crippen LogP contribution in [0.25, 0.3) is 10.9 Å². The Hall–Kier alpha value is -2.33. The molecule has 0 amide bonds. The molecule has 2 aromatic carbocycles. The summed E-state index contributed by atoms with van der Waals surface area (Å²) < 4.78 is 0. The van der Waals surface area contributed by atoms with Gasteiger partial charge in [-0.05, 0) is 36.8 Å². The Balaban J connectivity index is 2.06. The topological polar surface area (TPSA) is 49.8 Å². The SMILES string of the molecule is CNc1nc(Nc2cc(Cl)ccc2C)nc2ccccc12. The number of anilines is 3. The van der Waals surface area contributed by atoms with Gasteiger partial charge >= 0.3 is 0 Å². The zero-order chi connectivity index (χ0) is 14.8. The van der Waals surface area contributed by atoms with Gasteiger partial charge in [-0.1, -0.05) is 29.8 Å². The van der Waals surface area contributed by atoms with Crippen LogP contribution in [0.15, 0.2) is 42.5 Å². The first-order valence-electron chi connectivity index (χ1n) is 6.65. The van der Waals surface area contributed by atoms with Crippen LogP contribution in [0.5, 0.6) is 0 Å². The van der Waals surface area contributed by atoms with Crippen LogP contribution in [0.2, 0.25) is 5.02 Å². The second kappa shape index (κ2) is 5.58. The van der Waals surface area contributed by atoms with Gasteiger partial charge in [0.1, 0.15) is 5.82 Å². The molecule has 1 aromatic heterocycles. The summed E-state index contributed by atoms with van der Waals surface area (Å²) in [6, 6.07) is 13.6. The van der Waals surface area contributed by atoms with Crippen LogP contribution in [0.4, 0.5) is 17.5 Å². The molecule has 21 heavy (non-hydrogen) atoms. The molecule has 0 atom stereocenters. The summed E-state index contributed by atoms with van der Waals surface area (Å²) in [6.45, 7) is 2.01. The summed E-state index contributed by atoms with van der Waals surface area (Å²) in [6.07, 6.45) is 0. The number of rotatable bonds is 3. The fraction of sp³-hybridized carbons (Fsp3) is 0.125. The quantitative estimate of drug-likeness (QED) is 0.753. The average molecular weight is 299 g/mol. The number of nitrogens with one attached hydrogen (secondary N) is 2. The molecule has 3 aromatic rings. The van der Waals surface area contributed by atoms with Crippen molar-refractivity contribution >= 4 is 40.0 Å². The lowest BCUT2D eigenvalue weighted by atomic mass is 10.2. The van der Waals surface area contributed by atoms with Crippen LogP contribution >= 0.6 is 11.6 Å². The minimum Gasteiger partial charge on any atom is -0.372 e. The fourth-order valence-corrected chi connectivity index (χ4v) is 2.34. The first-order valence-corrected chi connectivity index (χ1v) is 7.03. The number of hydrogen-bond donors (Lipinski definition) is 2. The summed E-state index contributed by atoms with van der Waals surface area (Å²) in [4.78, 5) is 9.05. The molecule has 0 fully saturated rings. The highest BCUT2D eigenvalue weighted by molar-refractivity contribution is 6.30. The molecule has 0 radical (unpaired) electrons. The van der Waals surface area contributed by atoms with E-state index in [1.165, 1.54) is 0 Å². The molecule has 0 spiro atoms. The molecule has 1 heterocycles. The predicted octanol–water partition coefficient (Wildman–Crippen LogP) is 4.38. The van der Waals surface area contributed by atoms with Crippen molar-refractivity contribution in [2.45, 2.75) is 6.92 Å². The first-order chi connectivity index (χ1) is 10.2. The van der Waals surface area contributed by atoms with E-state index in [0.717, 1.165) is 28.0 Å². The summed E-state index contributed by atoms with van der Waals surface area (Å²) in [5.74, 6) is 1.34. The lowest BCUT2D eigenvalue weighted by Crippen LogP contribution is -2.02. The van der Waals surface area contributed by atoms with Gasteiger partial charge in [-0.25, -0.2) is 4.98 Å². The number of aryl methyl sites for hydroxylation is 1. The zero-order valence-electron chi connectivity index (χ0n) is 11.8. The summed E-state index contributed by atoms with van der Waals surface area (Å²) in [5, 5.41) is 8.01. The molecule has 3 rings (SSSR count). The Labute approximate surface area is 128 Å². The Kier molecular flexibility index (Phi) is 3.62. The van der Waals surface area contributed by atoms with Gasteiger partial charge in [0, 0.05) is 23.1 Å². The Morgan fingerprint density at radius 2 is 1.86 bits per heavy atom. The molecule has 2 N–H and O–H groups in total. The Morgan fingerprint density at radius 3 is 2.67 bits per heavy atom. The van der Waals surface area contributed by atoms with Crippen molar-refractivity contribution in [2.75, 3.05) is 17.7 Å². The number of benzene rings is 2. The third-order valence-corrected chi connectivity index (χ3v) is 3.52. The van der Waals surface area contributed by atoms with Crippen LogP contribution in [-0.2, 0) is 0 Å². The number of nitrogens with zero attached hydrogens (tertiary/aromatic N) is 2. The maximum Gasteiger partial charge on any atom is 0.229 e. The van der Waals surface area contributed by atoms with Crippen LogP contribution < -0.4 is 10.6 Å². The van der Waals surface area contributed by atoms with Crippen molar-refractivity contribution in [2.24, 2.45) is 0 Å². The summed E-state index contributed by atoms with van der Waals surface area (Å²) in [5.41, 5.74) is 2.88. The van der Waals surface area contributed by atoms with Gasteiger partial charge in [0.2, 0.25) is 5.95 Å². The van der Waals surface area contributed by atoms with E-state index in [1.807, 2.05) is 56.4 Å². The molecule has 0 bridgehead atoms. The largest absolute Gasteiger partial charge is 0.372 e. The monoisotopic (exact) mass is 298 g/mol. The highest BCUT2D eigenvalue weighted by Gasteiger charge is 2.07. The molecule has 0 aliphatic rings. The molecule has 5 heteroatoms. The van der Waals surface area contributed by atoms with E-state index in [4.69, 9.17) is 11.6 Å². The standard InChI is InChI=1S/C16H15ClN4/c1-10-7-8-11(17)9-14(10)20-16-19-13-6-4-3-5-12(13)15(18-2)21-16/h3-9H,1-2H3,(H2,18,19,20,21). The van der Waals surface area contributed by atoms with Crippen molar-refractivity contribution in [1.82, 2.24) is 9.97 Å². The Morgan fingerprint density at radius 1 is 1.05 bits per heavy atom. The smallest absolute Gasteiger partial charge is 0.229 e. The molecule has 0 unspecified atom stereocenters. The molecular formula is C16H15ClN4. The fourth-order valence-electron chi connectivity index (χ4n) is 2.17. The number of para-hydroxylation sites is 1. The van der Waals surface area contributed by atoms with Crippen molar-refractivity contribution in [1.29, 1.82) is 0 Å². The molecule has 4 nitrogen and oxygen atoms in total. The lowest BCUT2D eigenvalue weighted by molar-refractivity contribution is 1.20. The highest BCUT2D eigenvalue weighted by atomic mass is 35.5. The van der Waals surface area contributed by atoms with Crippen molar-refractivity contribution in [3.8, 4) is 0 Å². The second-order valence-electron chi connectivity index (χ2n) is 4.75. The van der Waals surface area contributed by atoms with E-state index in [-0.39, 0.29) is 0 Å². The number of fused-ring (bicyclic) bond motifs is 1. The van der Waals surface area contributed by atoms with Gasteiger partial charge in [0.05, 0.1) is 5.52 Å². The molecule has 0 aliphatic carbocycles. The van der Waals surface area contributed by atoms with Gasteiger partial charge < -0.3 is 10.6 Å². The predicted molar refractivity (Wildman–Crippen MR) is 88.6 cm³/mol. The second-order valence-corrected chi connectivity index (χ2v) is 5.18. The van der Waals surface area contributed by atoms with Crippen molar-refractivity contribution in [3.05, 3.63) is 53.1 Å². The minimum atomic E-state index is 0.545. The summed E-state index contributed by atoms with van der Waals surface area (Å²) in [7, 11) is 1.85. The summed E-state index contributed by atoms with van der Waals surface area (Å²) >= 11 is 6.04. The van der Waals surface area contributed by atoms with Gasteiger partial charge in [0.15, 0.2) is 0 Å². The maximum absolute atomic E-state index is 6.04. The molecule has 106 valence electrons. The third-order valence-electron chi connectivity index (χ3n) is 3.29. The van der Waals surface area contributed by atoms with Gasteiger partial charge in [-0.2, -0.15) is 4.98 Å². The maximum atomic E-state index is 6.04. The van der Waals surface area contributed by atoms with Crippen LogP contribution in [0.3, 0.4) is 0 Å². The van der Waals surface area contributed by atoms with Gasteiger partial charge in [-0.15, -0.1) is 0 Å². The van der Waals surface area contributed by atoms with Gasteiger partial charge in [0.25, 0.3) is 0 Å². The van der Waals surface area contributed by atoms with E-state index in [2.05, 4.69) is 20.6 Å². The molecule has 0 saturated heterocycles.